The van der Waals surface area contributed by atoms with Crippen LogP contribution in [0.5, 0.6) is 0 Å². The highest BCUT2D eigenvalue weighted by atomic mass is 16.3. The van der Waals surface area contributed by atoms with Gasteiger partial charge in [-0.3, -0.25) is 0 Å². The summed E-state index contributed by atoms with van der Waals surface area (Å²) in [6.45, 7) is 3.25. The lowest BCUT2D eigenvalue weighted by molar-refractivity contribution is 0.194. The van der Waals surface area contributed by atoms with E-state index < -0.39 is 0 Å². The zero-order valence-corrected chi connectivity index (χ0v) is 17.3. The Morgan fingerprint density at radius 3 is 2.04 bits per heavy atom. The van der Waals surface area contributed by atoms with Gasteiger partial charge in [-0.25, -0.2) is 0 Å². The fraction of sp³-hybridized carbons (Fsp3) is 0.826. The first-order valence-corrected chi connectivity index (χ1v) is 11.3. The van der Waals surface area contributed by atoms with Crippen molar-refractivity contribution in [2.75, 3.05) is 13.2 Å². The molecule has 0 amide bonds. The van der Waals surface area contributed by atoms with Crippen LogP contribution in [0.1, 0.15) is 103 Å². The van der Waals surface area contributed by atoms with Gasteiger partial charge < -0.3 is 15.3 Å². The van der Waals surface area contributed by atoms with Gasteiger partial charge in [0.1, 0.15) is 0 Å². The largest absolute Gasteiger partial charge is 0.395 e. The van der Waals surface area contributed by atoms with Crippen molar-refractivity contribution in [1.29, 1.82) is 0 Å². The van der Waals surface area contributed by atoms with Crippen molar-refractivity contribution in [1.82, 2.24) is 10.2 Å². The Morgan fingerprint density at radius 1 is 0.846 bits per heavy atom. The third-order valence-electron chi connectivity index (χ3n) is 5.30. The second kappa shape index (κ2) is 17.5. The van der Waals surface area contributed by atoms with Gasteiger partial charge in [0, 0.05) is 18.9 Å². The zero-order valence-electron chi connectivity index (χ0n) is 17.3. The molecule has 152 valence electrons. The molecule has 0 bridgehead atoms. The van der Waals surface area contributed by atoms with Gasteiger partial charge in [0.2, 0.25) is 0 Å². The van der Waals surface area contributed by atoms with E-state index in [0.717, 1.165) is 6.54 Å². The van der Waals surface area contributed by atoms with E-state index in [-0.39, 0.29) is 6.61 Å². The van der Waals surface area contributed by atoms with Gasteiger partial charge in [-0.1, -0.05) is 76.9 Å². The molecule has 1 heterocycles. The molecule has 0 fully saturated rings. The van der Waals surface area contributed by atoms with Crippen LogP contribution in [0, 0.1) is 0 Å². The maximum atomic E-state index is 9.05. The number of nitrogens with zero attached hydrogens (tertiary/aromatic N) is 1. The third-order valence-corrected chi connectivity index (χ3v) is 5.30. The summed E-state index contributed by atoms with van der Waals surface area (Å²) in [5, 5.41) is 12.4. The second-order valence-electron chi connectivity index (χ2n) is 7.69. The summed E-state index contributed by atoms with van der Waals surface area (Å²) in [5.41, 5.74) is 0. The average molecular weight is 365 g/mol. The van der Waals surface area contributed by atoms with E-state index in [0.29, 0.717) is 6.17 Å². The normalized spacial score (nSPS) is 16.7. The van der Waals surface area contributed by atoms with Gasteiger partial charge in [-0.2, -0.15) is 0 Å². The number of nitrogens with one attached hydrogen (secondary N) is 1. The van der Waals surface area contributed by atoms with Crippen molar-refractivity contribution in [3.63, 3.8) is 0 Å². The Morgan fingerprint density at radius 2 is 1.42 bits per heavy atom. The molecular weight excluding hydrogens is 320 g/mol. The number of hydrogen-bond acceptors (Lipinski definition) is 3. The van der Waals surface area contributed by atoms with Crippen molar-refractivity contribution < 1.29 is 5.11 Å². The molecule has 0 radical (unpaired) electrons. The molecule has 1 unspecified atom stereocenters. The molecule has 3 heteroatoms. The van der Waals surface area contributed by atoms with E-state index in [2.05, 4.69) is 35.5 Å². The summed E-state index contributed by atoms with van der Waals surface area (Å²) in [7, 11) is 0. The Hall–Kier alpha value is -0.960. The van der Waals surface area contributed by atoms with Gasteiger partial charge in [-0.15, -0.1) is 0 Å². The quantitative estimate of drug-likeness (QED) is 0.227. The second-order valence-corrected chi connectivity index (χ2v) is 7.69. The van der Waals surface area contributed by atoms with E-state index in [1.807, 2.05) is 6.20 Å². The standard InChI is InChI=1S/C23H44N2O/c1-2-3-4-5-6-7-8-9-10-11-12-13-14-15-16-17-18-23-24-19-20-25(23)21-22-26/h9-10,19-20,23-24,26H,2-8,11-18,21-22H2,1H3/b10-9+. The van der Waals surface area contributed by atoms with E-state index >= 15 is 0 Å². The summed E-state index contributed by atoms with van der Waals surface area (Å²) >= 11 is 0. The maximum absolute atomic E-state index is 9.05. The van der Waals surface area contributed by atoms with Crippen LogP contribution >= 0.6 is 0 Å². The Kier molecular flexibility index (Phi) is 15.5. The maximum Gasteiger partial charge on any atom is 0.0982 e. The Balaban J connectivity index is 1.79. The zero-order chi connectivity index (χ0) is 18.7. The topological polar surface area (TPSA) is 35.5 Å². The molecule has 2 N–H and O–H groups in total. The van der Waals surface area contributed by atoms with Crippen LogP contribution in [0.2, 0.25) is 0 Å². The predicted molar refractivity (Wildman–Crippen MR) is 114 cm³/mol. The Labute approximate surface area is 162 Å². The van der Waals surface area contributed by atoms with Crippen LogP contribution in [0.15, 0.2) is 24.6 Å². The van der Waals surface area contributed by atoms with Crippen LogP contribution in [-0.2, 0) is 0 Å². The minimum atomic E-state index is 0.232. The van der Waals surface area contributed by atoms with Crippen LogP contribution in [0.3, 0.4) is 0 Å². The van der Waals surface area contributed by atoms with Gasteiger partial charge in [0.25, 0.3) is 0 Å². The summed E-state index contributed by atoms with van der Waals surface area (Å²) in [6.07, 6.45) is 29.5. The fourth-order valence-electron chi connectivity index (χ4n) is 3.63. The lowest BCUT2D eigenvalue weighted by Crippen LogP contribution is -2.36. The average Bonchev–Trinajstić information content (AvgIpc) is 3.09. The molecule has 3 nitrogen and oxygen atoms in total. The van der Waals surface area contributed by atoms with Crippen molar-refractivity contribution in [2.24, 2.45) is 0 Å². The minimum Gasteiger partial charge on any atom is -0.395 e. The van der Waals surface area contributed by atoms with Crippen LogP contribution in [-0.4, -0.2) is 29.3 Å². The molecule has 1 atom stereocenters. The summed E-state index contributed by atoms with van der Waals surface area (Å²) in [6, 6.07) is 0. The molecule has 0 aromatic heterocycles. The Bertz CT molecular complexity index is 354. The number of β-amino-alcohol motifs (C(OH)–C–C–N with tert-alkyl or cyclic N) is 1. The highest BCUT2D eigenvalue weighted by Gasteiger charge is 2.16. The smallest absolute Gasteiger partial charge is 0.0982 e. The summed E-state index contributed by atoms with van der Waals surface area (Å²) in [4.78, 5) is 2.21. The minimum absolute atomic E-state index is 0.232. The van der Waals surface area contributed by atoms with Gasteiger partial charge in [0.05, 0.1) is 12.8 Å². The first kappa shape index (κ1) is 23.1. The number of aliphatic hydroxyl groups is 1. The van der Waals surface area contributed by atoms with E-state index in [9.17, 15) is 0 Å². The highest BCUT2D eigenvalue weighted by molar-refractivity contribution is 4.93. The lowest BCUT2D eigenvalue weighted by atomic mass is 10.1. The number of allylic oxidation sites excluding steroid dienone is 2. The number of rotatable bonds is 18. The van der Waals surface area contributed by atoms with Gasteiger partial charge in [-0.05, 0) is 38.5 Å². The molecular formula is C23H44N2O. The van der Waals surface area contributed by atoms with Crippen LogP contribution in [0.25, 0.3) is 0 Å². The SMILES string of the molecule is CCCCCCCC/C=C/CCCCCCCCC1NC=CN1CCO. The van der Waals surface area contributed by atoms with Crippen molar-refractivity contribution in [2.45, 2.75) is 109 Å². The van der Waals surface area contributed by atoms with Gasteiger partial charge >= 0.3 is 0 Å². The highest BCUT2D eigenvalue weighted by Crippen LogP contribution is 2.14. The summed E-state index contributed by atoms with van der Waals surface area (Å²) < 4.78 is 0. The lowest BCUT2D eigenvalue weighted by Gasteiger charge is -2.24. The number of aliphatic hydroxyl groups excluding tert-OH is 1. The van der Waals surface area contributed by atoms with E-state index in [4.69, 9.17) is 5.11 Å². The van der Waals surface area contributed by atoms with E-state index in [1.54, 1.807) is 0 Å². The van der Waals surface area contributed by atoms with E-state index in [1.165, 1.54) is 96.3 Å². The molecule has 0 saturated carbocycles. The monoisotopic (exact) mass is 364 g/mol. The number of hydrogen-bond donors (Lipinski definition) is 2. The molecule has 1 rings (SSSR count). The third kappa shape index (κ3) is 12.4. The van der Waals surface area contributed by atoms with Crippen molar-refractivity contribution >= 4 is 0 Å². The van der Waals surface area contributed by atoms with Gasteiger partial charge in [0.15, 0.2) is 0 Å². The molecule has 1 aliphatic heterocycles. The molecule has 0 aromatic carbocycles. The predicted octanol–water partition coefficient (Wildman–Crippen LogP) is 6.11. The first-order chi connectivity index (χ1) is 12.9. The summed E-state index contributed by atoms with van der Waals surface area (Å²) in [5.74, 6) is 0. The van der Waals surface area contributed by atoms with Crippen LogP contribution < -0.4 is 5.32 Å². The fourth-order valence-corrected chi connectivity index (χ4v) is 3.63. The molecule has 26 heavy (non-hydrogen) atoms. The first-order valence-electron chi connectivity index (χ1n) is 11.3. The molecule has 0 aliphatic carbocycles. The van der Waals surface area contributed by atoms with Crippen molar-refractivity contribution in [3.05, 3.63) is 24.6 Å². The molecule has 0 spiro atoms. The molecule has 0 aromatic rings. The number of unbranched alkanes of at least 4 members (excludes halogenated alkanes) is 12. The van der Waals surface area contributed by atoms with Crippen LogP contribution in [0.4, 0.5) is 0 Å². The molecule has 0 saturated heterocycles. The molecule has 1 aliphatic rings. The van der Waals surface area contributed by atoms with Crippen molar-refractivity contribution in [3.8, 4) is 0 Å².